The molecule has 3 rings (SSSR count). The van der Waals surface area contributed by atoms with Gasteiger partial charge in [0.25, 0.3) is 0 Å². The van der Waals surface area contributed by atoms with Crippen molar-refractivity contribution in [1.29, 1.82) is 0 Å². The normalized spacial score (nSPS) is 15.0. The summed E-state index contributed by atoms with van der Waals surface area (Å²) in [5.41, 5.74) is 1.46. The van der Waals surface area contributed by atoms with Gasteiger partial charge in [-0.05, 0) is 49.9 Å². The number of benzene rings is 1. The second kappa shape index (κ2) is 7.81. The SMILES string of the molecule is CNC(=O)OCc1cn(-c2ccc(OC3CCCCC3)cc2)nn1. The Morgan fingerprint density at radius 2 is 2.00 bits per heavy atom. The molecule has 1 aromatic heterocycles. The van der Waals surface area contributed by atoms with Crippen LogP contribution in [0.25, 0.3) is 5.69 Å². The van der Waals surface area contributed by atoms with Crippen LogP contribution in [-0.2, 0) is 11.3 Å². The summed E-state index contributed by atoms with van der Waals surface area (Å²) in [7, 11) is 1.51. The quantitative estimate of drug-likeness (QED) is 0.912. The Morgan fingerprint density at radius 1 is 1.25 bits per heavy atom. The average Bonchev–Trinajstić information content (AvgIpc) is 3.10. The molecule has 24 heavy (non-hydrogen) atoms. The number of carbonyl (C=O) groups excluding carboxylic acids is 1. The molecule has 0 spiro atoms. The van der Waals surface area contributed by atoms with E-state index in [9.17, 15) is 4.79 Å². The number of rotatable bonds is 5. The number of alkyl carbamates (subject to hydrolysis) is 1. The molecule has 2 aromatic rings. The minimum absolute atomic E-state index is 0.0859. The lowest BCUT2D eigenvalue weighted by atomic mass is 9.98. The van der Waals surface area contributed by atoms with Crippen LogP contribution in [0, 0.1) is 0 Å². The van der Waals surface area contributed by atoms with E-state index in [4.69, 9.17) is 9.47 Å². The summed E-state index contributed by atoms with van der Waals surface area (Å²) >= 11 is 0. The van der Waals surface area contributed by atoms with Crippen molar-refractivity contribution in [2.45, 2.75) is 44.8 Å². The zero-order valence-electron chi connectivity index (χ0n) is 13.8. The third-order valence-electron chi connectivity index (χ3n) is 4.05. The lowest BCUT2D eigenvalue weighted by molar-refractivity contribution is 0.140. The van der Waals surface area contributed by atoms with Crippen molar-refractivity contribution in [2.24, 2.45) is 0 Å². The summed E-state index contributed by atoms with van der Waals surface area (Å²) in [6, 6.07) is 7.78. The third kappa shape index (κ3) is 4.24. The van der Waals surface area contributed by atoms with Crippen molar-refractivity contribution >= 4 is 6.09 Å². The van der Waals surface area contributed by atoms with Crippen LogP contribution in [0.2, 0.25) is 0 Å². The van der Waals surface area contributed by atoms with Gasteiger partial charge >= 0.3 is 6.09 Å². The highest BCUT2D eigenvalue weighted by molar-refractivity contribution is 5.66. The number of carbonyl (C=O) groups is 1. The van der Waals surface area contributed by atoms with Gasteiger partial charge in [-0.25, -0.2) is 9.48 Å². The Bertz CT molecular complexity index is 663. The zero-order chi connectivity index (χ0) is 16.8. The highest BCUT2D eigenvalue weighted by Gasteiger charge is 2.14. The van der Waals surface area contributed by atoms with E-state index < -0.39 is 6.09 Å². The molecule has 1 saturated carbocycles. The third-order valence-corrected chi connectivity index (χ3v) is 4.05. The number of ether oxygens (including phenoxy) is 2. The van der Waals surface area contributed by atoms with Gasteiger partial charge in [-0.2, -0.15) is 0 Å². The fraction of sp³-hybridized carbons (Fsp3) is 0.471. The molecule has 1 fully saturated rings. The maximum atomic E-state index is 11.1. The minimum Gasteiger partial charge on any atom is -0.490 e. The van der Waals surface area contributed by atoms with E-state index in [-0.39, 0.29) is 6.61 Å². The standard InChI is InChI=1S/C17H22N4O3/c1-18-17(22)23-12-13-11-21(20-19-13)14-7-9-16(10-8-14)24-15-5-3-2-4-6-15/h7-11,15H,2-6,12H2,1H3,(H,18,22). The Hall–Kier alpha value is -2.57. The molecule has 1 amide bonds. The van der Waals surface area contributed by atoms with Crippen LogP contribution in [0.15, 0.2) is 30.5 Å². The molecular weight excluding hydrogens is 308 g/mol. The van der Waals surface area contributed by atoms with Gasteiger partial charge in [0.05, 0.1) is 18.0 Å². The van der Waals surface area contributed by atoms with E-state index in [0.717, 1.165) is 24.3 Å². The summed E-state index contributed by atoms with van der Waals surface area (Å²) in [6.45, 7) is 0.0859. The molecular formula is C17H22N4O3. The molecule has 0 unspecified atom stereocenters. The van der Waals surface area contributed by atoms with Crippen molar-refractivity contribution in [3.05, 3.63) is 36.2 Å². The van der Waals surface area contributed by atoms with Gasteiger partial charge in [-0.1, -0.05) is 11.6 Å². The first kappa shape index (κ1) is 16.3. The van der Waals surface area contributed by atoms with Crippen LogP contribution in [0.5, 0.6) is 5.75 Å². The van der Waals surface area contributed by atoms with Gasteiger partial charge < -0.3 is 14.8 Å². The van der Waals surface area contributed by atoms with Crippen molar-refractivity contribution in [2.75, 3.05) is 7.05 Å². The van der Waals surface area contributed by atoms with Gasteiger partial charge in [0, 0.05) is 7.05 Å². The molecule has 1 N–H and O–H groups in total. The fourth-order valence-electron chi connectivity index (χ4n) is 2.76. The van der Waals surface area contributed by atoms with Crippen LogP contribution < -0.4 is 10.1 Å². The van der Waals surface area contributed by atoms with Gasteiger partial charge in [-0.15, -0.1) is 5.10 Å². The molecule has 0 bridgehead atoms. The largest absolute Gasteiger partial charge is 0.490 e. The number of hydrogen-bond acceptors (Lipinski definition) is 5. The number of hydrogen-bond donors (Lipinski definition) is 1. The summed E-state index contributed by atoms with van der Waals surface area (Å²) in [6.07, 6.45) is 7.68. The smallest absolute Gasteiger partial charge is 0.407 e. The van der Waals surface area contributed by atoms with Crippen LogP contribution in [0.1, 0.15) is 37.8 Å². The lowest BCUT2D eigenvalue weighted by Crippen LogP contribution is -2.19. The minimum atomic E-state index is -0.492. The van der Waals surface area contributed by atoms with Gasteiger partial charge in [0.2, 0.25) is 0 Å². The maximum Gasteiger partial charge on any atom is 0.407 e. The number of amides is 1. The van der Waals surface area contributed by atoms with Crippen molar-refractivity contribution in [3.63, 3.8) is 0 Å². The van der Waals surface area contributed by atoms with E-state index >= 15 is 0 Å². The van der Waals surface area contributed by atoms with Gasteiger partial charge in [0.1, 0.15) is 18.1 Å². The van der Waals surface area contributed by atoms with Crippen LogP contribution >= 0.6 is 0 Å². The second-order valence-corrected chi connectivity index (χ2v) is 5.85. The summed E-state index contributed by atoms with van der Waals surface area (Å²) in [5.74, 6) is 0.883. The van der Waals surface area contributed by atoms with Gasteiger partial charge in [0.15, 0.2) is 0 Å². The molecule has 1 heterocycles. The van der Waals surface area contributed by atoms with Crippen molar-refractivity contribution in [1.82, 2.24) is 20.3 Å². The first-order valence-corrected chi connectivity index (χ1v) is 8.27. The van der Waals surface area contributed by atoms with E-state index in [2.05, 4.69) is 15.6 Å². The molecule has 1 aromatic carbocycles. The summed E-state index contributed by atoms with van der Waals surface area (Å²) in [5, 5.41) is 10.4. The van der Waals surface area contributed by atoms with E-state index in [0.29, 0.717) is 11.8 Å². The number of aromatic nitrogens is 3. The zero-order valence-corrected chi connectivity index (χ0v) is 13.8. The number of nitrogens with one attached hydrogen (secondary N) is 1. The van der Waals surface area contributed by atoms with Crippen LogP contribution in [0.3, 0.4) is 0 Å². The molecule has 7 heteroatoms. The predicted octanol–water partition coefficient (Wildman–Crippen LogP) is 2.83. The molecule has 0 saturated heterocycles. The van der Waals surface area contributed by atoms with E-state index in [1.807, 2.05) is 24.3 Å². The first-order chi connectivity index (χ1) is 11.7. The molecule has 1 aliphatic carbocycles. The van der Waals surface area contributed by atoms with E-state index in [1.54, 1.807) is 10.9 Å². The average molecular weight is 330 g/mol. The molecule has 0 aliphatic heterocycles. The molecule has 128 valence electrons. The van der Waals surface area contributed by atoms with Crippen molar-refractivity contribution in [3.8, 4) is 11.4 Å². The fourth-order valence-corrected chi connectivity index (χ4v) is 2.76. The highest BCUT2D eigenvalue weighted by Crippen LogP contribution is 2.24. The molecule has 0 atom stereocenters. The van der Waals surface area contributed by atoms with Crippen LogP contribution in [0.4, 0.5) is 4.79 Å². The lowest BCUT2D eigenvalue weighted by Gasteiger charge is -2.23. The maximum absolute atomic E-state index is 11.1. The Kier molecular flexibility index (Phi) is 5.30. The first-order valence-electron chi connectivity index (χ1n) is 8.27. The van der Waals surface area contributed by atoms with E-state index in [1.165, 1.54) is 26.3 Å². The summed E-state index contributed by atoms with van der Waals surface area (Å²) in [4.78, 5) is 11.1. The molecule has 1 aliphatic rings. The number of nitrogens with zero attached hydrogens (tertiary/aromatic N) is 3. The van der Waals surface area contributed by atoms with Crippen LogP contribution in [-0.4, -0.2) is 34.2 Å². The molecule has 7 nitrogen and oxygen atoms in total. The van der Waals surface area contributed by atoms with Gasteiger partial charge in [-0.3, -0.25) is 0 Å². The van der Waals surface area contributed by atoms with Crippen molar-refractivity contribution < 1.29 is 14.3 Å². The molecule has 0 radical (unpaired) electrons. The second-order valence-electron chi connectivity index (χ2n) is 5.85. The monoisotopic (exact) mass is 330 g/mol. The highest BCUT2D eigenvalue weighted by atomic mass is 16.5. The Balaban J connectivity index is 1.58. The Morgan fingerprint density at radius 3 is 2.71 bits per heavy atom. The Labute approximate surface area is 141 Å². The predicted molar refractivity (Wildman–Crippen MR) is 88.1 cm³/mol. The topological polar surface area (TPSA) is 78.3 Å². The summed E-state index contributed by atoms with van der Waals surface area (Å²) < 4.78 is 12.6.